The second kappa shape index (κ2) is 18.1. The van der Waals surface area contributed by atoms with Gasteiger partial charge in [0.2, 0.25) is 23.7 Å². The molecule has 5 heterocycles. The molecular formula is C43H45N9O9S. The third-order valence-corrected chi connectivity index (χ3v) is 12.0. The van der Waals surface area contributed by atoms with Crippen molar-refractivity contribution in [2.45, 2.75) is 30.2 Å². The lowest BCUT2D eigenvalue weighted by atomic mass is 10.0. The quantitative estimate of drug-likeness (QED) is 0.0961. The molecule has 0 saturated carbocycles. The molecule has 0 aliphatic carbocycles. The van der Waals surface area contributed by atoms with Gasteiger partial charge in [0.15, 0.2) is 15.5 Å². The van der Waals surface area contributed by atoms with Gasteiger partial charge in [0.25, 0.3) is 11.8 Å². The average molecular weight is 864 g/mol. The number of carbonyl (C=O) groups is 5. The number of amides is 5. The molecule has 3 N–H and O–H groups in total. The number of aromatic nitrogens is 3. The number of piperidine rings is 1. The van der Waals surface area contributed by atoms with Crippen LogP contribution in [0.5, 0.6) is 0 Å². The van der Waals surface area contributed by atoms with Crippen LogP contribution in [0.2, 0.25) is 0 Å². The number of hydrogen-bond acceptors (Lipinski definition) is 14. The highest BCUT2D eigenvalue weighted by atomic mass is 32.2. The summed E-state index contributed by atoms with van der Waals surface area (Å²) in [7, 11) is -3.30. The molecule has 3 aliphatic heterocycles. The van der Waals surface area contributed by atoms with Crippen LogP contribution in [0.3, 0.4) is 0 Å². The van der Waals surface area contributed by atoms with Crippen LogP contribution in [0.15, 0.2) is 89.8 Å². The number of fused-ring (bicyclic) bond motifs is 2. The molecule has 1 atom stereocenters. The number of rotatable bonds is 16. The second-order valence-corrected chi connectivity index (χ2v) is 17.1. The van der Waals surface area contributed by atoms with Crippen molar-refractivity contribution in [3.63, 3.8) is 0 Å². The highest BCUT2D eigenvalue weighted by Gasteiger charge is 2.44. The molecule has 5 amide bonds. The summed E-state index contributed by atoms with van der Waals surface area (Å²) < 4.78 is 36.8. The van der Waals surface area contributed by atoms with Gasteiger partial charge in [-0.2, -0.15) is 4.98 Å². The van der Waals surface area contributed by atoms with Gasteiger partial charge < -0.3 is 29.9 Å². The van der Waals surface area contributed by atoms with Crippen molar-refractivity contribution in [3.05, 3.63) is 96.1 Å². The Balaban J connectivity index is 0.708. The van der Waals surface area contributed by atoms with Gasteiger partial charge in [0.05, 0.1) is 54.6 Å². The number of pyridine rings is 1. The molecule has 2 saturated heterocycles. The predicted molar refractivity (Wildman–Crippen MR) is 228 cm³/mol. The predicted octanol–water partition coefficient (Wildman–Crippen LogP) is 3.13. The van der Waals surface area contributed by atoms with E-state index < -0.39 is 39.5 Å². The molecule has 19 heteroatoms. The number of imide groups is 2. The smallest absolute Gasteiger partial charge is 0.262 e. The van der Waals surface area contributed by atoms with E-state index in [9.17, 15) is 32.4 Å². The van der Waals surface area contributed by atoms with Gasteiger partial charge in [-0.15, -0.1) is 5.10 Å². The number of nitrogens with zero attached hydrogens (tertiary/aromatic N) is 6. The largest absolute Gasteiger partial charge is 0.383 e. The van der Waals surface area contributed by atoms with Crippen LogP contribution in [-0.4, -0.2) is 134 Å². The number of hydrogen-bond donors (Lipinski definition) is 3. The summed E-state index contributed by atoms with van der Waals surface area (Å²) in [5.41, 5.74) is 5.12. The Kier molecular flexibility index (Phi) is 12.3. The van der Waals surface area contributed by atoms with Crippen molar-refractivity contribution >= 4 is 68.0 Å². The lowest BCUT2D eigenvalue weighted by Crippen LogP contribution is -2.54. The maximum atomic E-state index is 13.0. The van der Waals surface area contributed by atoms with Crippen LogP contribution in [0.25, 0.3) is 16.9 Å². The Hall–Kier alpha value is -6.70. The highest BCUT2D eigenvalue weighted by Crippen LogP contribution is 2.30. The van der Waals surface area contributed by atoms with Gasteiger partial charge in [-0.3, -0.25) is 34.2 Å². The lowest BCUT2D eigenvalue weighted by Gasteiger charge is -2.36. The Bertz CT molecular complexity index is 2630. The summed E-state index contributed by atoms with van der Waals surface area (Å²) in [6, 6.07) is 24.1. The number of piperazine rings is 1. The fourth-order valence-corrected chi connectivity index (χ4v) is 8.27. The Morgan fingerprint density at radius 2 is 1.53 bits per heavy atom. The van der Waals surface area contributed by atoms with Crippen LogP contribution < -0.4 is 20.9 Å². The Morgan fingerprint density at radius 1 is 0.823 bits per heavy atom. The Morgan fingerprint density at radius 3 is 2.26 bits per heavy atom. The van der Waals surface area contributed by atoms with Gasteiger partial charge in [0, 0.05) is 68.0 Å². The highest BCUT2D eigenvalue weighted by molar-refractivity contribution is 7.90. The minimum absolute atomic E-state index is 0.0399. The number of ether oxygens (including phenoxy) is 2. The van der Waals surface area contributed by atoms with Crippen molar-refractivity contribution in [2.24, 2.45) is 0 Å². The molecule has 0 radical (unpaired) electrons. The molecule has 3 aliphatic rings. The fraction of sp³-hybridized carbons (Fsp3) is 0.326. The van der Waals surface area contributed by atoms with E-state index in [4.69, 9.17) is 9.47 Å². The summed E-state index contributed by atoms with van der Waals surface area (Å²) >= 11 is 0. The Labute approximate surface area is 357 Å². The summed E-state index contributed by atoms with van der Waals surface area (Å²) in [5.74, 6) is -1.73. The number of carbonyl (C=O) groups excluding carboxylic acids is 5. The van der Waals surface area contributed by atoms with E-state index in [-0.39, 0.29) is 47.8 Å². The molecule has 8 rings (SSSR count). The fourth-order valence-electron chi connectivity index (χ4n) is 7.64. The third-order valence-electron chi connectivity index (χ3n) is 10.9. The first kappa shape index (κ1) is 42.0. The van der Waals surface area contributed by atoms with Crippen molar-refractivity contribution in [1.82, 2.24) is 29.7 Å². The molecule has 3 aromatic carbocycles. The standard InChI is InChI=1S/C43H45N9O9S/c1-62(58,59)32-12-5-28(6-13-32)35-3-2-4-37-46-43(48-52(35)37)45-29-7-10-31(11-8-29)49-19-21-50(22-20-49)39(54)17-23-60-25-26-61-24-18-44-30-9-14-33-34(27-30)42(57)51(41(33)56)36-15-16-38(53)47-40(36)55/h2-14,27,36,44H,15-26H2,1H3,(H,45,48)(H,47,53,55). The van der Waals surface area contributed by atoms with E-state index in [1.807, 2.05) is 47.4 Å². The summed E-state index contributed by atoms with van der Waals surface area (Å²) in [6.45, 7) is 4.34. The second-order valence-electron chi connectivity index (χ2n) is 15.1. The molecular weight excluding hydrogens is 819 g/mol. The first-order valence-electron chi connectivity index (χ1n) is 20.2. The van der Waals surface area contributed by atoms with E-state index in [2.05, 4.69) is 30.9 Å². The van der Waals surface area contributed by atoms with Crippen LogP contribution in [0, 0.1) is 0 Å². The first-order valence-corrected chi connectivity index (χ1v) is 22.1. The first-order chi connectivity index (χ1) is 29.9. The molecule has 1 unspecified atom stereocenters. The zero-order valence-electron chi connectivity index (χ0n) is 33.9. The molecule has 2 aromatic heterocycles. The van der Waals surface area contributed by atoms with Gasteiger partial charge >= 0.3 is 0 Å². The van der Waals surface area contributed by atoms with Crippen molar-refractivity contribution < 1.29 is 41.9 Å². The normalized spacial score (nSPS) is 16.8. The van der Waals surface area contributed by atoms with Crippen LogP contribution in [-0.2, 0) is 33.7 Å². The van der Waals surface area contributed by atoms with E-state index in [1.165, 1.54) is 6.26 Å². The molecule has 2 fully saturated rings. The maximum absolute atomic E-state index is 13.0. The van der Waals surface area contributed by atoms with E-state index in [0.717, 1.165) is 27.5 Å². The molecule has 0 bridgehead atoms. The van der Waals surface area contributed by atoms with Crippen LogP contribution in [0.4, 0.5) is 23.0 Å². The zero-order chi connectivity index (χ0) is 43.4. The van der Waals surface area contributed by atoms with Crippen LogP contribution >= 0.6 is 0 Å². The minimum atomic E-state index is -3.30. The number of benzene rings is 3. The van der Waals surface area contributed by atoms with Gasteiger partial charge in [-0.05, 0) is 73.2 Å². The van der Waals surface area contributed by atoms with E-state index in [1.54, 1.807) is 47.0 Å². The van der Waals surface area contributed by atoms with Crippen LogP contribution in [0.1, 0.15) is 40.0 Å². The SMILES string of the molecule is CS(=O)(=O)c1ccc(-c2cccc3nc(Nc4ccc(N5CCN(C(=O)CCOCCOCCNc6ccc7c(c6)C(=O)N(C6CCC(=O)NC6=O)C7=O)CC5)cc4)nn23)cc1. The average Bonchev–Trinajstić information content (AvgIpc) is 3.79. The lowest BCUT2D eigenvalue weighted by molar-refractivity contribution is -0.136. The van der Waals surface area contributed by atoms with Crippen molar-refractivity contribution in [1.29, 1.82) is 0 Å². The maximum Gasteiger partial charge on any atom is 0.262 e. The van der Waals surface area contributed by atoms with E-state index in [0.29, 0.717) is 69.8 Å². The van der Waals surface area contributed by atoms with Crippen molar-refractivity contribution in [3.8, 4) is 11.3 Å². The molecule has 322 valence electrons. The zero-order valence-corrected chi connectivity index (χ0v) is 34.7. The number of sulfone groups is 1. The number of nitrogens with one attached hydrogen (secondary N) is 3. The van der Waals surface area contributed by atoms with Crippen molar-refractivity contribution in [2.75, 3.05) is 80.9 Å². The molecule has 62 heavy (non-hydrogen) atoms. The monoisotopic (exact) mass is 863 g/mol. The summed E-state index contributed by atoms with van der Waals surface area (Å²) in [5, 5.41) is 13.3. The van der Waals surface area contributed by atoms with Gasteiger partial charge in [-0.25, -0.2) is 12.9 Å². The molecule has 5 aromatic rings. The topological polar surface area (TPSA) is 214 Å². The molecule has 0 spiro atoms. The third kappa shape index (κ3) is 9.29. The minimum Gasteiger partial charge on any atom is -0.383 e. The summed E-state index contributed by atoms with van der Waals surface area (Å²) in [4.78, 5) is 72.5. The van der Waals surface area contributed by atoms with E-state index >= 15 is 0 Å². The number of anilines is 4. The summed E-state index contributed by atoms with van der Waals surface area (Å²) in [6.07, 6.45) is 1.61. The van der Waals surface area contributed by atoms with Gasteiger partial charge in [-0.1, -0.05) is 18.2 Å². The molecule has 18 nitrogen and oxygen atoms in total. The van der Waals surface area contributed by atoms with Gasteiger partial charge in [0.1, 0.15) is 6.04 Å².